The molecular formula is C17H34N3Ta-3. The zero-order valence-corrected chi connectivity index (χ0v) is 18.2. The summed E-state index contributed by atoms with van der Waals surface area (Å²) in [5.74, 6) is 0. The van der Waals surface area contributed by atoms with Gasteiger partial charge in [-0.05, 0) is 0 Å². The molecule has 125 valence electrons. The molecule has 0 bridgehead atoms. The van der Waals surface area contributed by atoms with Gasteiger partial charge in [-0.25, -0.2) is 12.1 Å². The molecule has 0 atom stereocenters. The summed E-state index contributed by atoms with van der Waals surface area (Å²) >= 11 is 1.15. The van der Waals surface area contributed by atoms with Crippen molar-refractivity contribution in [2.45, 2.75) is 54.0 Å². The summed E-state index contributed by atoms with van der Waals surface area (Å²) in [5, 5.41) is 7.94. The number of hydrogen-bond acceptors (Lipinski definition) is 1. The second-order valence-electron chi connectivity index (χ2n) is 4.95. The molecule has 0 spiro atoms. The van der Waals surface area contributed by atoms with Crippen LogP contribution in [0.25, 0.3) is 10.6 Å². The molecule has 3 nitrogen and oxygen atoms in total. The molecule has 0 heterocycles. The predicted octanol–water partition coefficient (Wildman–Crippen LogP) is 5.72. The topological polar surface area (TPSA) is 40.6 Å². The van der Waals surface area contributed by atoms with Crippen LogP contribution in [0.1, 0.15) is 48.5 Å². The molecule has 0 saturated carbocycles. The zero-order valence-electron chi connectivity index (χ0n) is 15.0. The van der Waals surface area contributed by atoms with Crippen LogP contribution in [0.5, 0.6) is 0 Å². The Kier molecular flexibility index (Phi) is 27.1. The van der Waals surface area contributed by atoms with E-state index in [1.54, 1.807) is 0 Å². The van der Waals surface area contributed by atoms with Crippen LogP contribution >= 0.6 is 0 Å². The van der Waals surface area contributed by atoms with Crippen molar-refractivity contribution in [1.29, 1.82) is 0 Å². The van der Waals surface area contributed by atoms with E-state index in [0.717, 1.165) is 47.1 Å². The van der Waals surface area contributed by atoms with Gasteiger partial charge in [0.05, 0.1) is 0 Å². The van der Waals surface area contributed by atoms with Crippen molar-refractivity contribution in [2.75, 3.05) is 26.2 Å². The van der Waals surface area contributed by atoms with Gasteiger partial charge in [0.1, 0.15) is 0 Å². The van der Waals surface area contributed by atoms with Gasteiger partial charge in [0, 0.05) is 0 Å². The second kappa shape index (κ2) is 22.1. The predicted molar refractivity (Wildman–Crippen MR) is 93.1 cm³/mol. The standard InChI is InChI=1S/C5H5.C4H9N.2C4H10N.Ta/c1-2-4-5-3-1;1-4(2,3)5;2*1-3-5-4-2;/h1-5H;1-3H3;2*3-4H2,1-2H3;/q-1;;2*-1;. The first kappa shape index (κ1) is 25.7. The molecule has 4 heteroatoms. The first-order valence-electron chi connectivity index (χ1n) is 7.68. The van der Waals surface area contributed by atoms with Crippen molar-refractivity contribution < 1.29 is 20.9 Å². The quantitative estimate of drug-likeness (QED) is 0.515. The maximum atomic E-state index is 4.13. The van der Waals surface area contributed by atoms with E-state index in [-0.39, 0.29) is 5.54 Å². The Hall–Kier alpha value is -0.190. The van der Waals surface area contributed by atoms with Gasteiger partial charge in [0.15, 0.2) is 0 Å². The van der Waals surface area contributed by atoms with E-state index in [2.05, 4.69) is 34.7 Å². The van der Waals surface area contributed by atoms with Crippen molar-refractivity contribution in [3.8, 4) is 0 Å². The molecule has 0 radical (unpaired) electrons. The SMILES string of the molecule is CC(C)(C)[N]=[Ta].CC[N-]CC.CC[N-]CC.c1cc[cH-]c1. The fraction of sp³-hybridized carbons (Fsp3) is 0.706. The molecule has 21 heavy (non-hydrogen) atoms. The van der Waals surface area contributed by atoms with Gasteiger partial charge < -0.3 is 10.6 Å². The average molecular weight is 461 g/mol. The molecule has 0 saturated heterocycles. The molecule has 0 aliphatic carbocycles. The van der Waals surface area contributed by atoms with E-state index in [0.29, 0.717) is 0 Å². The largest absolute Gasteiger partial charge is 0.663 e. The van der Waals surface area contributed by atoms with Crippen molar-refractivity contribution in [3.05, 3.63) is 41.0 Å². The van der Waals surface area contributed by atoms with Gasteiger partial charge in [-0.1, -0.05) is 27.7 Å². The van der Waals surface area contributed by atoms with Crippen LogP contribution in [0, 0.1) is 0 Å². The van der Waals surface area contributed by atoms with E-state index in [1.807, 2.05) is 58.0 Å². The molecular weight excluding hydrogens is 427 g/mol. The third kappa shape index (κ3) is 45.1. The van der Waals surface area contributed by atoms with Crippen molar-refractivity contribution >= 4 is 0 Å². The third-order valence-corrected chi connectivity index (χ3v) is 3.91. The minimum absolute atomic E-state index is 0.216. The Balaban J connectivity index is -0.000000206. The molecule has 0 N–H and O–H groups in total. The summed E-state index contributed by atoms with van der Waals surface area (Å²) in [6.45, 7) is 18.4. The molecule has 0 aromatic heterocycles. The molecule has 0 aliphatic rings. The van der Waals surface area contributed by atoms with Crippen LogP contribution < -0.4 is 0 Å². The van der Waals surface area contributed by atoms with E-state index in [1.165, 1.54) is 0 Å². The van der Waals surface area contributed by atoms with Gasteiger partial charge in [-0.3, -0.25) is 0 Å². The summed E-state index contributed by atoms with van der Waals surface area (Å²) in [6.07, 6.45) is 0. The summed E-state index contributed by atoms with van der Waals surface area (Å²) in [7, 11) is 0. The molecule has 0 fully saturated rings. The molecule has 0 aliphatic heterocycles. The van der Waals surface area contributed by atoms with Crippen LogP contribution in [-0.4, -0.2) is 31.7 Å². The summed E-state index contributed by atoms with van der Waals surface area (Å²) in [4.78, 5) is 0. The first-order valence-corrected chi connectivity index (χ1v) is 9.12. The van der Waals surface area contributed by atoms with Gasteiger partial charge in [0.25, 0.3) is 0 Å². The maximum Gasteiger partial charge on any atom is -0.0844 e. The minimum atomic E-state index is 0.216. The summed E-state index contributed by atoms with van der Waals surface area (Å²) in [5.41, 5.74) is 0.216. The van der Waals surface area contributed by atoms with Crippen molar-refractivity contribution in [3.63, 3.8) is 0 Å². The fourth-order valence-electron chi connectivity index (χ4n) is 0.768. The second-order valence-corrected chi connectivity index (χ2v) is 5.66. The zero-order chi connectivity index (χ0) is 17.0. The maximum absolute atomic E-state index is 4.13. The van der Waals surface area contributed by atoms with E-state index >= 15 is 0 Å². The van der Waals surface area contributed by atoms with Gasteiger partial charge in [-0.2, -0.15) is 44.4 Å². The Morgan fingerprint density at radius 1 is 0.857 bits per heavy atom. The summed E-state index contributed by atoms with van der Waals surface area (Å²) in [6, 6.07) is 10.0. The average Bonchev–Trinajstić information content (AvgIpc) is 3.00. The smallest absolute Gasteiger partial charge is 0.0844 e. The first-order chi connectivity index (χ1) is 9.89. The Morgan fingerprint density at radius 2 is 1.14 bits per heavy atom. The Morgan fingerprint density at radius 3 is 1.19 bits per heavy atom. The van der Waals surface area contributed by atoms with Crippen LogP contribution in [-0.2, 0) is 20.9 Å². The van der Waals surface area contributed by atoms with E-state index in [4.69, 9.17) is 0 Å². The third-order valence-electron chi connectivity index (χ3n) is 1.75. The number of hydrogen-bond donors (Lipinski definition) is 0. The van der Waals surface area contributed by atoms with Crippen molar-refractivity contribution in [2.24, 2.45) is 3.34 Å². The molecule has 1 aromatic carbocycles. The van der Waals surface area contributed by atoms with Crippen molar-refractivity contribution in [1.82, 2.24) is 0 Å². The normalized spacial score (nSPS) is 9.05. The monoisotopic (exact) mass is 461 g/mol. The van der Waals surface area contributed by atoms with Gasteiger partial charge in [-0.15, -0.1) is 0 Å². The van der Waals surface area contributed by atoms with Crippen LogP contribution in [0.2, 0.25) is 0 Å². The van der Waals surface area contributed by atoms with Crippen LogP contribution in [0.4, 0.5) is 0 Å². The van der Waals surface area contributed by atoms with E-state index in [9.17, 15) is 0 Å². The van der Waals surface area contributed by atoms with Crippen LogP contribution in [0.3, 0.4) is 0 Å². The molecule has 0 unspecified atom stereocenters. The number of nitrogens with zero attached hydrogens (tertiary/aromatic N) is 3. The van der Waals surface area contributed by atoms with Crippen LogP contribution in [0.15, 0.2) is 33.7 Å². The van der Waals surface area contributed by atoms with E-state index < -0.39 is 0 Å². The fourth-order valence-corrected chi connectivity index (χ4v) is 0.768. The Bertz CT molecular complexity index is 226. The molecule has 1 rings (SSSR count). The Labute approximate surface area is 145 Å². The van der Waals surface area contributed by atoms with Gasteiger partial charge >= 0.3 is 50.5 Å². The minimum Gasteiger partial charge on any atom is -0.663 e. The van der Waals surface area contributed by atoms with Gasteiger partial charge in [0.2, 0.25) is 0 Å². The number of rotatable bonds is 4. The summed E-state index contributed by atoms with van der Waals surface area (Å²) < 4.78 is 4.13. The molecule has 1 aromatic rings. The molecule has 0 amide bonds.